The number of ether oxygens (including phenoxy) is 4. The van der Waals surface area contributed by atoms with E-state index in [9.17, 15) is 23.2 Å². The van der Waals surface area contributed by atoms with Gasteiger partial charge in [0.05, 0.1) is 26.3 Å². The molecule has 2 fully saturated rings. The van der Waals surface area contributed by atoms with Crippen LogP contribution in [0.1, 0.15) is 75.7 Å². The number of likely N-dealkylation sites (tertiary alicyclic amines) is 1. The van der Waals surface area contributed by atoms with E-state index in [1.165, 1.54) is 30.2 Å². The first kappa shape index (κ1) is 33.7. The zero-order chi connectivity index (χ0) is 32.9. The molecule has 2 aromatic rings. The van der Waals surface area contributed by atoms with Crippen LogP contribution in [0, 0.1) is 5.92 Å². The Kier molecular flexibility index (Phi) is 10.4. The fourth-order valence-electron chi connectivity index (χ4n) is 4.62. The van der Waals surface area contributed by atoms with Gasteiger partial charge in [-0.25, -0.2) is 19.0 Å². The lowest BCUT2D eigenvalue weighted by atomic mass is 9.93. The average Bonchev–Trinajstić information content (AvgIpc) is 3.69. The number of alkyl halides is 3. The summed E-state index contributed by atoms with van der Waals surface area (Å²) in [6, 6.07) is 3.19. The van der Waals surface area contributed by atoms with Gasteiger partial charge in [-0.2, -0.15) is 8.78 Å². The van der Waals surface area contributed by atoms with Crippen molar-refractivity contribution >= 4 is 18.1 Å². The van der Waals surface area contributed by atoms with Crippen LogP contribution >= 0.6 is 0 Å². The van der Waals surface area contributed by atoms with E-state index >= 15 is 4.39 Å². The number of carbonyl (C=O) groups is 3. The molecule has 1 aromatic heterocycles. The Morgan fingerprint density at radius 2 is 1.84 bits per heavy atom. The highest BCUT2D eigenvalue weighted by molar-refractivity contribution is 5.94. The maximum Gasteiger partial charge on any atom is 0.409 e. The molecule has 0 radical (unpaired) electrons. The minimum Gasteiger partial charge on any atom is -0.489 e. The van der Waals surface area contributed by atoms with E-state index in [1.807, 2.05) is 0 Å². The summed E-state index contributed by atoms with van der Waals surface area (Å²) in [6.07, 6.45) is 0.571. The first-order valence-electron chi connectivity index (χ1n) is 14.7. The van der Waals surface area contributed by atoms with Crippen molar-refractivity contribution < 1.29 is 50.9 Å². The summed E-state index contributed by atoms with van der Waals surface area (Å²) in [7, 11) is 1.25. The van der Waals surface area contributed by atoms with E-state index in [1.54, 1.807) is 27.7 Å². The van der Waals surface area contributed by atoms with E-state index in [0.29, 0.717) is 12.5 Å². The molecule has 1 unspecified atom stereocenters. The zero-order valence-corrected chi connectivity index (χ0v) is 25.9. The highest BCUT2D eigenvalue weighted by Gasteiger charge is 2.37. The maximum absolute atomic E-state index is 15.6. The van der Waals surface area contributed by atoms with Crippen LogP contribution in [0.15, 0.2) is 22.6 Å². The molecule has 2 aliphatic rings. The minimum absolute atomic E-state index is 0.0213. The van der Waals surface area contributed by atoms with Gasteiger partial charge in [-0.1, -0.05) is 0 Å². The number of carbonyl (C=O) groups excluding carboxylic acids is 3. The molecular weight excluding hydrogens is 601 g/mol. The number of amides is 3. The number of rotatable bonds is 11. The minimum atomic E-state index is -3.07. The first-order valence-corrected chi connectivity index (χ1v) is 14.7. The molecule has 1 saturated carbocycles. The number of benzene rings is 1. The highest BCUT2D eigenvalue weighted by Crippen LogP contribution is 2.37. The van der Waals surface area contributed by atoms with Crippen LogP contribution in [0.4, 0.5) is 22.8 Å². The van der Waals surface area contributed by atoms with Gasteiger partial charge in [0.15, 0.2) is 23.0 Å². The smallest absolute Gasteiger partial charge is 0.409 e. The van der Waals surface area contributed by atoms with Gasteiger partial charge in [0.25, 0.3) is 5.91 Å². The highest BCUT2D eigenvalue weighted by atomic mass is 19.3. The molecule has 0 bridgehead atoms. The van der Waals surface area contributed by atoms with Gasteiger partial charge in [0.1, 0.15) is 11.3 Å². The fraction of sp³-hybridized carbons (Fsp3) is 0.600. The summed E-state index contributed by atoms with van der Waals surface area (Å²) in [5.41, 5.74) is -2.53. The summed E-state index contributed by atoms with van der Waals surface area (Å²) < 4.78 is 67.9. The number of aromatic nitrogens is 1. The molecule has 1 saturated heterocycles. The third-order valence-corrected chi connectivity index (χ3v) is 7.23. The molecule has 1 aliphatic heterocycles. The van der Waals surface area contributed by atoms with Crippen molar-refractivity contribution in [2.75, 3.05) is 33.4 Å². The Labute approximate surface area is 258 Å². The first-order chi connectivity index (χ1) is 21.2. The maximum atomic E-state index is 15.6. The van der Waals surface area contributed by atoms with Gasteiger partial charge in [-0.05, 0) is 64.7 Å². The Morgan fingerprint density at radius 3 is 2.44 bits per heavy atom. The number of nitrogens with zero attached hydrogens (tertiary/aromatic N) is 2. The topological polar surface area (TPSA) is 141 Å². The molecular formula is C30H39F3N4O8. The summed E-state index contributed by atoms with van der Waals surface area (Å²) in [6.45, 7) is 3.72. The SMILES string of the molecule is COC(=O)N1CCC(F)(CNC(=O)c2nc(-c3ccc(OC(F)F)c(OCC4CC4)c3)oc2C(C)NC(=O)OC(C)(C)C)CC1. The van der Waals surface area contributed by atoms with Gasteiger partial charge in [0.2, 0.25) is 5.89 Å². The van der Waals surface area contributed by atoms with E-state index in [0.717, 1.165) is 12.8 Å². The Balaban J connectivity index is 1.58. The van der Waals surface area contributed by atoms with E-state index in [4.69, 9.17) is 13.9 Å². The summed E-state index contributed by atoms with van der Waals surface area (Å²) in [5.74, 6) is -0.700. The second-order valence-corrected chi connectivity index (χ2v) is 12.2. The molecule has 45 heavy (non-hydrogen) atoms. The van der Waals surface area contributed by atoms with Gasteiger partial charge in [0, 0.05) is 31.5 Å². The van der Waals surface area contributed by atoms with Crippen LogP contribution in [0.25, 0.3) is 11.5 Å². The molecule has 0 spiro atoms. The number of methoxy groups -OCH3 is 1. The van der Waals surface area contributed by atoms with Crippen molar-refractivity contribution in [2.45, 2.75) is 77.3 Å². The summed E-state index contributed by atoms with van der Waals surface area (Å²) in [5, 5.41) is 5.16. The predicted octanol–water partition coefficient (Wildman–Crippen LogP) is 5.62. The number of hydrogen-bond acceptors (Lipinski definition) is 9. The third kappa shape index (κ3) is 9.41. The molecule has 12 nitrogen and oxygen atoms in total. The van der Waals surface area contributed by atoms with Gasteiger partial charge < -0.3 is 38.9 Å². The normalized spacial score (nSPS) is 17.0. The lowest BCUT2D eigenvalue weighted by molar-refractivity contribution is -0.0515. The van der Waals surface area contributed by atoms with Crippen LogP contribution in [0.3, 0.4) is 0 Å². The molecule has 248 valence electrons. The second-order valence-electron chi connectivity index (χ2n) is 12.2. The van der Waals surface area contributed by atoms with Crippen molar-refractivity contribution in [3.8, 4) is 23.0 Å². The number of hydrogen-bond donors (Lipinski definition) is 2. The number of oxazole rings is 1. The monoisotopic (exact) mass is 640 g/mol. The number of alkyl carbamates (subject to hydrolysis) is 1. The standard InChI is InChI=1S/C30H39F3N4O8/c1-17(35-27(39)45-29(2,3)4)23-22(24(38)34-16-30(33)10-12-37(13-11-30)28(40)41-5)36-25(44-23)19-8-9-20(43-26(31)32)21(14-19)42-15-18-6-7-18/h8-9,14,17-18,26H,6-7,10-13,15-16H2,1-5H3,(H,34,38)(H,35,39). The van der Waals surface area contributed by atoms with Crippen LogP contribution < -0.4 is 20.1 Å². The lowest BCUT2D eigenvalue weighted by Crippen LogP contribution is -2.49. The van der Waals surface area contributed by atoms with Crippen LogP contribution in [0.5, 0.6) is 11.5 Å². The Bertz CT molecular complexity index is 1370. The molecule has 4 rings (SSSR count). The molecule has 2 heterocycles. The largest absolute Gasteiger partial charge is 0.489 e. The van der Waals surface area contributed by atoms with E-state index in [2.05, 4.69) is 25.1 Å². The van der Waals surface area contributed by atoms with Gasteiger partial charge in [-0.15, -0.1) is 0 Å². The Hall–Kier alpha value is -4.17. The average molecular weight is 641 g/mol. The number of nitrogens with one attached hydrogen (secondary N) is 2. The van der Waals surface area contributed by atoms with Crippen LogP contribution in [-0.4, -0.2) is 79.2 Å². The summed E-state index contributed by atoms with van der Waals surface area (Å²) in [4.78, 5) is 43.4. The third-order valence-electron chi connectivity index (χ3n) is 7.23. The van der Waals surface area contributed by atoms with Gasteiger partial charge >= 0.3 is 18.8 Å². The van der Waals surface area contributed by atoms with Crippen molar-refractivity contribution in [3.63, 3.8) is 0 Å². The molecule has 1 aromatic carbocycles. The van der Waals surface area contributed by atoms with Gasteiger partial charge in [-0.3, -0.25) is 4.79 Å². The predicted molar refractivity (Wildman–Crippen MR) is 154 cm³/mol. The lowest BCUT2D eigenvalue weighted by Gasteiger charge is -2.35. The van der Waals surface area contributed by atoms with Crippen LogP contribution in [0.2, 0.25) is 0 Å². The van der Waals surface area contributed by atoms with Crippen molar-refractivity contribution in [2.24, 2.45) is 5.92 Å². The molecule has 2 N–H and O–H groups in total. The molecule has 15 heteroatoms. The van der Waals surface area contributed by atoms with Crippen molar-refractivity contribution in [1.82, 2.24) is 20.5 Å². The van der Waals surface area contributed by atoms with Crippen LogP contribution in [-0.2, 0) is 9.47 Å². The van der Waals surface area contributed by atoms with Crippen molar-refractivity contribution in [1.29, 1.82) is 0 Å². The van der Waals surface area contributed by atoms with E-state index in [-0.39, 0.29) is 66.9 Å². The summed E-state index contributed by atoms with van der Waals surface area (Å²) >= 11 is 0. The second kappa shape index (κ2) is 13.9. The van der Waals surface area contributed by atoms with E-state index < -0.39 is 42.0 Å². The quantitative estimate of drug-likeness (QED) is 0.320. The van der Waals surface area contributed by atoms with Crippen molar-refractivity contribution in [3.05, 3.63) is 29.7 Å². The fourth-order valence-corrected chi connectivity index (χ4v) is 4.62. The zero-order valence-electron chi connectivity index (χ0n) is 25.9. The molecule has 3 amide bonds. The number of piperidine rings is 1. The number of halogens is 3. The Morgan fingerprint density at radius 1 is 1.16 bits per heavy atom. The molecule has 1 atom stereocenters. The molecule has 1 aliphatic carbocycles.